The number of guanidine groups is 1. The fraction of sp³-hybridized carbons (Fsp3) is 0.381. The van der Waals surface area contributed by atoms with E-state index in [0.29, 0.717) is 25.7 Å². The van der Waals surface area contributed by atoms with Crippen LogP contribution in [0.2, 0.25) is 0 Å². The normalized spacial score (nSPS) is 11.3. The van der Waals surface area contributed by atoms with Crippen molar-refractivity contribution in [2.75, 3.05) is 26.9 Å². The first-order valence-corrected chi connectivity index (χ1v) is 9.18. The summed E-state index contributed by atoms with van der Waals surface area (Å²) >= 11 is 0. The molecule has 2 N–H and O–H groups in total. The number of rotatable bonds is 10. The van der Waals surface area contributed by atoms with Gasteiger partial charge in [0.1, 0.15) is 11.6 Å². The van der Waals surface area contributed by atoms with Gasteiger partial charge in [0.25, 0.3) is 0 Å². The molecule has 0 aliphatic heterocycles. The predicted molar refractivity (Wildman–Crippen MR) is 106 cm³/mol. The Balaban J connectivity index is 1.92. The van der Waals surface area contributed by atoms with Crippen molar-refractivity contribution in [1.82, 2.24) is 10.6 Å². The van der Waals surface area contributed by atoms with E-state index in [2.05, 4.69) is 15.6 Å². The molecule has 0 radical (unpaired) electrons. The molecule has 0 spiro atoms. The van der Waals surface area contributed by atoms with Crippen LogP contribution in [0, 0.1) is 5.82 Å². The summed E-state index contributed by atoms with van der Waals surface area (Å²) in [6.45, 7) is 5.31. The lowest BCUT2D eigenvalue weighted by Gasteiger charge is -2.13. The molecule has 6 heteroatoms. The molecular formula is C21H28FN3O2. The lowest BCUT2D eigenvalue weighted by Crippen LogP contribution is -2.37. The standard InChI is InChI=1S/C21H28FN3O2/c1-3-27-14-4-13-23-21(24-15-17-5-9-19(22)10-6-17)25-16-18-7-11-20(26-2)12-8-18/h5-12H,3-4,13-16H2,1-2H3,(H2,23,24,25). The fourth-order valence-corrected chi connectivity index (χ4v) is 2.39. The zero-order valence-electron chi connectivity index (χ0n) is 16.0. The number of halogens is 1. The van der Waals surface area contributed by atoms with Gasteiger partial charge in [-0.2, -0.15) is 0 Å². The molecule has 27 heavy (non-hydrogen) atoms. The van der Waals surface area contributed by atoms with Gasteiger partial charge in [-0.3, -0.25) is 0 Å². The summed E-state index contributed by atoms with van der Waals surface area (Å²) < 4.78 is 23.6. The van der Waals surface area contributed by atoms with Crippen LogP contribution in [-0.2, 0) is 17.8 Å². The third-order valence-electron chi connectivity index (χ3n) is 3.91. The van der Waals surface area contributed by atoms with Gasteiger partial charge in [-0.1, -0.05) is 24.3 Å². The first-order valence-electron chi connectivity index (χ1n) is 9.18. The number of nitrogens with zero attached hydrogens (tertiary/aromatic N) is 1. The molecule has 2 aromatic carbocycles. The van der Waals surface area contributed by atoms with Crippen LogP contribution in [0.15, 0.2) is 53.5 Å². The molecule has 0 aliphatic carbocycles. The lowest BCUT2D eigenvalue weighted by atomic mass is 10.2. The Bertz CT molecular complexity index is 688. The van der Waals surface area contributed by atoms with Crippen molar-refractivity contribution in [3.05, 3.63) is 65.5 Å². The highest BCUT2D eigenvalue weighted by atomic mass is 19.1. The number of ether oxygens (including phenoxy) is 2. The molecule has 2 aromatic rings. The molecule has 0 saturated heterocycles. The Labute approximate surface area is 160 Å². The molecule has 0 aliphatic rings. The Hall–Kier alpha value is -2.60. The van der Waals surface area contributed by atoms with Crippen LogP contribution in [0.5, 0.6) is 5.75 Å². The van der Waals surface area contributed by atoms with Crippen molar-refractivity contribution in [3.63, 3.8) is 0 Å². The van der Waals surface area contributed by atoms with Crippen LogP contribution >= 0.6 is 0 Å². The van der Waals surface area contributed by atoms with Crippen LogP contribution in [0.1, 0.15) is 24.5 Å². The summed E-state index contributed by atoms with van der Waals surface area (Å²) in [4.78, 5) is 4.64. The van der Waals surface area contributed by atoms with E-state index < -0.39 is 0 Å². The van der Waals surface area contributed by atoms with E-state index >= 15 is 0 Å². The molecule has 0 unspecified atom stereocenters. The van der Waals surface area contributed by atoms with E-state index in [0.717, 1.165) is 36.4 Å². The number of methoxy groups -OCH3 is 1. The maximum Gasteiger partial charge on any atom is 0.191 e. The minimum Gasteiger partial charge on any atom is -0.497 e. The highest BCUT2D eigenvalue weighted by Crippen LogP contribution is 2.11. The minimum absolute atomic E-state index is 0.235. The van der Waals surface area contributed by atoms with E-state index in [1.165, 1.54) is 12.1 Å². The first kappa shape index (κ1) is 20.7. The molecule has 0 amide bonds. The van der Waals surface area contributed by atoms with Gasteiger partial charge >= 0.3 is 0 Å². The first-order chi connectivity index (χ1) is 13.2. The molecule has 0 fully saturated rings. The maximum atomic E-state index is 13.0. The van der Waals surface area contributed by atoms with E-state index in [9.17, 15) is 4.39 Å². The van der Waals surface area contributed by atoms with Gasteiger partial charge in [-0.05, 0) is 48.7 Å². The summed E-state index contributed by atoms with van der Waals surface area (Å²) in [5, 5.41) is 6.60. The molecule has 5 nitrogen and oxygen atoms in total. The van der Waals surface area contributed by atoms with Gasteiger partial charge in [-0.25, -0.2) is 9.38 Å². The van der Waals surface area contributed by atoms with E-state index in [1.54, 1.807) is 19.2 Å². The van der Waals surface area contributed by atoms with Gasteiger partial charge in [0, 0.05) is 26.3 Å². The van der Waals surface area contributed by atoms with Crippen LogP contribution < -0.4 is 15.4 Å². The molecular weight excluding hydrogens is 345 g/mol. The lowest BCUT2D eigenvalue weighted by molar-refractivity contribution is 0.145. The van der Waals surface area contributed by atoms with Crippen molar-refractivity contribution in [2.45, 2.75) is 26.4 Å². The Morgan fingerprint density at radius 2 is 1.70 bits per heavy atom. The number of hydrogen-bond donors (Lipinski definition) is 2. The van der Waals surface area contributed by atoms with Gasteiger partial charge in [-0.15, -0.1) is 0 Å². The second-order valence-corrected chi connectivity index (χ2v) is 5.97. The summed E-state index contributed by atoms with van der Waals surface area (Å²) in [6, 6.07) is 14.3. The molecule has 0 saturated carbocycles. The number of aliphatic imine (C=N–C) groups is 1. The van der Waals surface area contributed by atoms with Crippen molar-refractivity contribution < 1.29 is 13.9 Å². The Morgan fingerprint density at radius 1 is 1.00 bits per heavy atom. The molecule has 0 heterocycles. The van der Waals surface area contributed by atoms with Gasteiger partial charge in [0.15, 0.2) is 5.96 Å². The van der Waals surface area contributed by atoms with Gasteiger partial charge in [0.05, 0.1) is 13.7 Å². The topological polar surface area (TPSA) is 54.9 Å². The second kappa shape index (κ2) is 11.9. The number of hydrogen-bond acceptors (Lipinski definition) is 3. The van der Waals surface area contributed by atoms with E-state index in [4.69, 9.17) is 9.47 Å². The second-order valence-electron chi connectivity index (χ2n) is 5.97. The fourth-order valence-electron chi connectivity index (χ4n) is 2.39. The van der Waals surface area contributed by atoms with Gasteiger partial charge < -0.3 is 20.1 Å². The SMILES string of the molecule is CCOCCCNC(=NCc1ccc(OC)cc1)NCc1ccc(F)cc1. The average Bonchev–Trinajstić information content (AvgIpc) is 2.71. The van der Waals surface area contributed by atoms with Crippen LogP contribution in [0.25, 0.3) is 0 Å². The third kappa shape index (κ3) is 8.09. The Morgan fingerprint density at radius 3 is 2.37 bits per heavy atom. The summed E-state index contributed by atoms with van der Waals surface area (Å²) in [7, 11) is 1.65. The molecule has 146 valence electrons. The quantitative estimate of drug-likeness (QED) is 0.380. The smallest absolute Gasteiger partial charge is 0.191 e. The van der Waals surface area contributed by atoms with Crippen LogP contribution in [0.3, 0.4) is 0 Å². The largest absolute Gasteiger partial charge is 0.497 e. The van der Waals surface area contributed by atoms with E-state index in [1.807, 2.05) is 31.2 Å². The zero-order valence-corrected chi connectivity index (χ0v) is 16.0. The molecule has 0 aromatic heterocycles. The molecule has 0 atom stereocenters. The van der Waals surface area contributed by atoms with Crippen molar-refractivity contribution >= 4 is 5.96 Å². The number of nitrogens with one attached hydrogen (secondary N) is 2. The van der Waals surface area contributed by atoms with Gasteiger partial charge in [0.2, 0.25) is 0 Å². The third-order valence-corrected chi connectivity index (χ3v) is 3.91. The van der Waals surface area contributed by atoms with Crippen molar-refractivity contribution in [2.24, 2.45) is 4.99 Å². The summed E-state index contributed by atoms with van der Waals surface area (Å²) in [5.74, 6) is 1.30. The summed E-state index contributed by atoms with van der Waals surface area (Å²) in [6.07, 6.45) is 0.896. The summed E-state index contributed by atoms with van der Waals surface area (Å²) in [5.41, 5.74) is 2.08. The Kier molecular flexibility index (Phi) is 9.13. The highest BCUT2D eigenvalue weighted by molar-refractivity contribution is 5.79. The van der Waals surface area contributed by atoms with Crippen LogP contribution in [-0.4, -0.2) is 32.8 Å². The molecule has 0 bridgehead atoms. The molecule has 2 rings (SSSR count). The maximum absolute atomic E-state index is 13.0. The monoisotopic (exact) mass is 373 g/mol. The average molecular weight is 373 g/mol. The van der Waals surface area contributed by atoms with Crippen molar-refractivity contribution in [3.8, 4) is 5.75 Å². The van der Waals surface area contributed by atoms with Crippen molar-refractivity contribution in [1.29, 1.82) is 0 Å². The predicted octanol–water partition coefficient (Wildman–Crippen LogP) is 3.50. The zero-order chi connectivity index (χ0) is 19.3. The van der Waals surface area contributed by atoms with Crippen LogP contribution in [0.4, 0.5) is 4.39 Å². The van der Waals surface area contributed by atoms with E-state index in [-0.39, 0.29) is 5.82 Å². The minimum atomic E-state index is -0.235. The highest BCUT2D eigenvalue weighted by Gasteiger charge is 2.01. The number of benzene rings is 2.